The SMILES string of the molecule is Cc1cc(C)cc(N(C)CCCC(C)O)c1. The lowest BCUT2D eigenvalue weighted by Crippen LogP contribution is -2.19. The Morgan fingerprint density at radius 1 is 1.19 bits per heavy atom. The molecule has 16 heavy (non-hydrogen) atoms. The van der Waals surface area contributed by atoms with Crippen LogP contribution < -0.4 is 4.90 Å². The van der Waals surface area contributed by atoms with E-state index >= 15 is 0 Å². The summed E-state index contributed by atoms with van der Waals surface area (Å²) in [7, 11) is 2.11. The second kappa shape index (κ2) is 5.90. The summed E-state index contributed by atoms with van der Waals surface area (Å²) in [6, 6.07) is 6.60. The summed E-state index contributed by atoms with van der Waals surface area (Å²) in [5, 5.41) is 9.21. The van der Waals surface area contributed by atoms with Gasteiger partial charge in [-0.15, -0.1) is 0 Å². The van der Waals surface area contributed by atoms with E-state index in [1.165, 1.54) is 16.8 Å². The van der Waals surface area contributed by atoms with E-state index in [4.69, 9.17) is 0 Å². The van der Waals surface area contributed by atoms with E-state index in [-0.39, 0.29) is 6.10 Å². The number of hydrogen-bond donors (Lipinski definition) is 1. The van der Waals surface area contributed by atoms with Gasteiger partial charge in [0.2, 0.25) is 0 Å². The first-order valence-electron chi connectivity index (χ1n) is 5.96. The number of nitrogens with zero attached hydrogens (tertiary/aromatic N) is 1. The normalized spacial score (nSPS) is 12.6. The van der Waals surface area contributed by atoms with Gasteiger partial charge < -0.3 is 10.0 Å². The van der Waals surface area contributed by atoms with Crippen molar-refractivity contribution in [2.24, 2.45) is 0 Å². The molecule has 0 spiro atoms. The van der Waals surface area contributed by atoms with Crippen LogP contribution in [0.1, 0.15) is 30.9 Å². The molecule has 0 saturated heterocycles. The molecule has 1 aromatic carbocycles. The van der Waals surface area contributed by atoms with Crippen LogP contribution in [-0.2, 0) is 0 Å². The quantitative estimate of drug-likeness (QED) is 0.826. The van der Waals surface area contributed by atoms with E-state index < -0.39 is 0 Å². The number of aliphatic hydroxyl groups excluding tert-OH is 1. The number of anilines is 1. The van der Waals surface area contributed by atoms with Crippen LogP contribution in [0.2, 0.25) is 0 Å². The lowest BCUT2D eigenvalue weighted by molar-refractivity contribution is 0.182. The van der Waals surface area contributed by atoms with Crippen molar-refractivity contribution in [3.63, 3.8) is 0 Å². The Morgan fingerprint density at radius 3 is 2.25 bits per heavy atom. The summed E-state index contributed by atoms with van der Waals surface area (Å²) in [5.74, 6) is 0. The zero-order valence-corrected chi connectivity index (χ0v) is 10.8. The third-order valence-corrected chi connectivity index (χ3v) is 2.76. The largest absolute Gasteiger partial charge is 0.393 e. The number of rotatable bonds is 5. The maximum Gasteiger partial charge on any atom is 0.0512 e. The Balaban J connectivity index is 2.55. The Bertz CT molecular complexity index is 313. The van der Waals surface area contributed by atoms with Crippen LogP contribution in [0.25, 0.3) is 0 Å². The van der Waals surface area contributed by atoms with Gasteiger partial charge in [-0.2, -0.15) is 0 Å². The summed E-state index contributed by atoms with van der Waals surface area (Å²) < 4.78 is 0. The lowest BCUT2D eigenvalue weighted by Gasteiger charge is -2.20. The molecule has 2 nitrogen and oxygen atoms in total. The fourth-order valence-electron chi connectivity index (χ4n) is 1.92. The number of benzene rings is 1. The highest BCUT2D eigenvalue weighted by atomic mass is 16.3. The van der Waals surface area contributed by atoms with Crippen LogP contribution in [0.4, 0.5) is 5.69 Å². The number of aliphatic hydroxyl groups is 1. The minimum absolute atomic E-state index is 0.187. The van der Waals surface area contributed by atoms with Crippen molar-refractivity contribution in [3.8, 4) is 0 Å². The molecule has 1 N–H and O–H groups in total. The first-order chi connectivity index (χ1) is 7.49. The summed E-state index contributed by atoms with van der Waals surface area (Å²) in [5.41, 5.74) is 3.87. The smallest absolute Gasteiger partial charge is 0.0512 e. The van der Waals surface area contributed by atoms with Crippen LogP contribution in [0.3, 0.4) is 0 Å². The van der Waals surface area contributed by atoms with Gasteiger partial charge in [-0.05, 0) is 56.9 Å². The zero-order valence-electron chi connectivity index (χ0n) is 10.8. The predicted molar refractivity (Wildman–Crippen MR) is 70.1 cm³/mol. The predicted octanol–water partition coefficient (Wildman–Crippen LogP) is 2.90. The molecule has 0 aliphatic heterocycles. The van der Waals surface area contributed by atoms with Gasteiger partial charge in [0.1, 0.15) is 0 Å². The van der Waals surface area contributed by atoms with Gasteiger partial charge in [-0.1, -0.05) is 6.07 Å². The number of hydrogen-bond acceptors (Lipinski definition) is 2. The third kappa shape index (κ3) is 4.23. The van der Waals surface area contributed by atoms with Crippen molar-refractivity contribution in [3.05, 3.63) is 29.3 Å². The van der Waals surface area contributed by atoms with E-state index in [2.05, 4.69) is 44.0 Å². The van der Waals surface area contributed by atoms with E-state index in [0.29, 0.717) is 0 Å². The number of aryl methyl sites for hydroxylation is 2. The van der Waals surface area contributed by atoms with E-state index in [1.807, 2.05) is 6.92 Å². The second-order valence-electron chi connectivity index (χ2n) is 4.76. The third-order valence-electron chi connectivity index (χ3n) is 2.76. The topological polar surface area (TPSA) is 23.5 Å². The molecule has 1 atom stereocenters. The van der Waals surface area contributed by atoms with Gasteiger partial charge in [0, 0.05) is 19.3 Å². The molecule has 0 amide bonds. The van der Waals surface area contributed by atoms with E-state index in [9.17, 15) is 5.11 Å². The first-order valence-corrected chi connectivity index (χ1v) is 5.96. The lowest BCUT2D eigenvalue weighted by atomic mass is 10.1. The van der Waals surface area contributed by atoms with Crippen molar-refractivity contribution in [1.82, 2.24) is 0 Å². The molecule has 1 unspecified atom stereocenters. The van der Waals surface area contributed by atoms with Crippen molar-refractivity contribution in [2.75, 3.05) is 18.5 Å². The Labute approximate surface area is 98.9 Å². The maximum absolute atomic E-state index is 9.21. The van der Waals surface area contributed by atoms with Crippen molar-refractivity contribution in [2.45, 2.75) is 39.7 Å². The molecule has 1 aromatic rings. The van der Waals surface area contributed by atoms with Gasteiger partial charge >= 0.3 is 0 Å². The second-order valence-corrected chi connectivity index (χ2v) is 4.76. The van der Waals surface area contributed by atoms with E-state index in [1.54, 1.807) is 0 Å². The average molecular weight is 221 g/mol. The fraction of sp³-hybridized carbons (Fsp3) is 0.571. The van der Waals surface area contributed by atoms with Crippen LogP contribution in [0.5, 0.6) is 0 Å². The van der Waals surface area contributed by atoms with Gasteiger partial charge in [-0.3, -0.25) is 0 Å². The molecule has 2 heteroatoms. The van der Waals surface area contributed by atoms with Gasteiger partial charge in [0.05, 0.1) is 6.10 Å². The fourth-order valence-corrected chi connectivity index (χ4v) is 1.92. The maximum atomic E-state index is 9.21. The molecule has 0 heterocycles. The van der Waals surface area contributed by atoms with Crippen LogP contribution in [-0.4, -0.2) is 24.8 Å². The highest BCUT2D eigenvalue weighted by molar-refractivity contribution is 5.50. The summed E-state index contributed by atoms with van der Waals surface area (Å²) in [6.07, 6.45) is 1.71. The summed E-state index contributed by atoms with van der Waals surface area (Å²) in [4.78, 5) is 2.25. The monoisotopic (exact) mass is 221 g/mol. The molecule has 0 aliphatic carbocycles. The standard InChI is InChI=1S/C14H23NO/c1-11-8-12(2)10-14(9-11)15(4)7-5-6-13(3)16/h8-10,13,16H,5-7H2,1-4H3. The zero-order chi connectivity index (χ0) is 12.1. The molecule has 0 saturated carbocycles. The molecule has 0 fully saturated rings. The Morgan fingerprint density at radius 2 is 1.75 bits per heavy atom. The highest BCUT2D eigenvalue weighted by Gasteiger charge is 2.03. The molecule has 0 aromatic heterocycles. The van der Waals surface area contributed by atoms with Crippen LogP contribution in [0, 0.1) is 13.8 Å². The summed E-state index contributed by atoms with van der Waals surface area (Å²) in [6.45, 7) is 7.09. The molecular formula is C14H23NO. The Hall–Kier alpha value is -1.02. The van der Waals surface area contributed by atoms with Crippen molar-refractivity contribution in [1.29, 1.82) is 0 Å². The average Bonchev–Trinajstić information content (AvgIpc) is 2.15. The molecule has 1 rings (SSSR count). The van der Waals surface area contributed by atoms with Crippen LogP contribution in [0.15, 0.2) is 18.2 Å². The van der Waals surface area contributed by atoms with Gasteiger partial charge in [0.15, 0.2) is 0 Å². The van der Waals surface area contributed by atoms with Crippen LogP contribution >= 0.6 is 0 Å². The van der Waals surface area contributed by atoms with Gasteiger partial charge in [0.25, 0.3) is 0 Å². The molecule has 0 bridgehead atoms. The van der Waals surface area contributed by atoms with Crippen molar-refractivity contribution >= 4 is 5.69 Å². The Kier molecular flexibility index (Phi) is 4.81. The molecule has 90 valence electrons. The van der Waals surface area contributed by atoms with E-state index in [0.717, 1.165) is 19.4 Å². The molecular weight excluding hydrogens is 198 g/mol. The van der Waals surface area contributed by atoms with Crippen molar-refractivity contribution < 1.29 is 5.11 Å². The minimum atomic E-state index is -0.187. The minimum Gasteiger partial charge on any atom is -0.393 e. The molecule has 0 radical (unpaired) electrons. The van der Waals surface area contributed by atoms with Gasteiger partial charge in [-0.25, -0.2) is 0 Å². The first kappa shape index (κ1) is 13.0. The highest BCUT2D eigenvalue weighted by Crippen LogP contribution is 2.17. The summed E-state index contributed by atoms with van der Waals surface area (Å²) >= 11 is 0. The molecule has 0 aliphatic rings.